The number of nitrogens with one attached hydrogen (secondary N) is 1. The summed E-state index contributed by atoms with van der Waals surface area (Å²) < 4.78 is 2.84. The second-order valence-corrected chi connectivity index (χ2v) is 6.80. The third-order valence-corrected chi connectivity index (χ3v) is 4.95. The first kappa shape index (κ1) is 14.0. The summed E-state index contributed by atoms with van der Waals surface area (Å²) in [5, 5.41) is 11.7. The quantitative estimate of drug-likeness (QED) is 0.748. The van der Waals surface area contributed by atoms with Gasteiger partial charge in [0.25, 0.3) is 0 Å². The number of para-hydroxylation sites is 1. The SMILES string of the molecule is C[C@H](Sc1nncn1C)C(=O)Nc1nc2ccccc2s1. The smallest absolute Gasteiger partial charge is 0.239 e. The van der Waals surface area contributed by atoms with E-state index in [2.05, 4.69) is 20.5 Å². The number of aryl methyl sites for hydroxylation is 1. The molecule has 0 saturated heterocycles. The van der Waals surface area contributed by atoms with Crippen LogP contribution in [-0.4, -0.2) is 30.9 Å². The summed E-state index contributed by atoms with van der Waals surface area (Å²) in [7, 11) is 1.85. The third kappa shape index (κ3) is 3.06. The number of carbonyl (C=O) groups excluding carboxylic acids is 1. The van der Waals surface area contributed by atoms with Crippen molar-refractivity contribution >= 4 is 44.4 Å². The van der Waals surface area contributed by atoms with Crippen LogP contribution < -0.4 is 5.32 Å². The van der Waals surface area contributed by atoms with Crippen LogP contribution >= 0.6 is 23.1 Å². The number of benzene rings is 1. The summed E-state index contributed by atoms with van der Waals surface area (Å²) in [6.07, 6.45) is 1.61. The average Bonchev–Trinajstić information content (AvgIpc) is 3.04. The average molecular weight is 319 g/mol. The van der Waals surface area contributed by atoms with Crippen LogP contribution in [0.15, 0.2) is 35.7 Å². The Morgan fingerprint density at radius 1 is 1.43 bits per heavy atom. The second-order valence-electron chi connectivity index (χ2n) is 4.46. The lowest BCUT2D eigenvalue weighted by molar-refractivity contribution is -0.115. The maximum absolute atomic E-state index is 12.2. The van der Waals surface area contributed by atoms with Crippen molar-refractivity contribution in [2.75, 3.05) is 5.32 Å². The number of aromatic nitrogens is 4. The number of hydrogen-bond acceptors (Lipinski definition) is 6. The standard InChI is InChI=1S/C13H13N5OS2/c1-8(20-13-17-14-7-18(13)2)11(19)16-12-15-9-5-3-4-6-10(9)21-12/h3-8H,1-2H3,(H,15,16,19)/t8-/m0/s1. The van der Waals surface area contributed by atoms with Crippen molar-refractivity contribution in [2.24, 2.45) is 7.05 Å². The van der Waals surface area contributed by atoms with Gasteiger partial charge in [-0.25, -0.2) is 4.98 Å². The summed E-state index contributed by atoms with van der Waals surface area (Å²) in [6.45, 7) is 1.84. The number of nitrogens with zero attached hydrogens (tertiary/aromatic N) is 4. The van der Waals surface area contributed by atoms with Crippen LogP contribution in [-0.2, 0) is 11.8 Å². The number of amides is 1. The van der Waals surface area contributed by atoms with Crippen LogP contribution in [0.2, 0.25) is 0 Å². The fraction of sp³-hybridized carbons (Fsp3) is 0.231. The normalized spacial score (nSPS) is 12.5. The van der Waals surface area contributed by atoms with E-state index in [0.717, 1.165) is 10.2 Å². The Morgan fingerprint density at radius 3 is 2.95 bits per heavy atom. The summed E-state index contributed by atoms with van der Waals surface area (Å²) >= 11 is 2.83. The molecule has 2 aromatic heterocycles. The van der Waals surface area contributed by atoms with Gasteiger partial charge in [-0.3, -0.25) is 4.79 Å². The molecule has 0 unspecified atom stereocenters. The van der Waals surface area contributed by atoms with E-state index in [9.17, 15) is 4.79 Å². The van der Waals surface area contributed by atoms with Crippen LogP contribution in [0.3, 0.4) is 0 Å². The number of anilines is 1. The molecular formula is C13H13N5OS2. The molecule has 0 bridgehead atoms. The van der Waals surface area contributed by atoms with Gasteiger partial charge in [-0.15, -0.1) is 10.2 Å². The van der Waals surface area contributed by atoms with Crippen LogP contribution in [0.25, 0.3) is 10.2 Å². The van der Waals surface area contributed by atoms with E-state index >= 15 is 0 Å². The highest BCUT2D eigenvalue weighted by atomic mass is 32.2. The predicted molar refractivity (Wildman–Crippen MR) is 84.6 cm³/mol. The maximum Gasteiger partial charge on any atom is 0.239 e. The van der Waals surface area contributed by atoms with E-state index in [-0.39, 0.29) is 11.2 Å². The Balaban J connectivity index is 1.69. The fourth-order valence-corrected chi connectivity index (χ4v) is 3.38. The van der Waals surface area contributed by atoms with Gasteiger partial charge >= 0.3 is 0 Å². The molecule has 21 heavy (non-hydrogen) atoms. The monoisotopic (exact) mass is 319 g/mol. The number of rotatable bonds is 4. The van der Waals surface area contributed by atoms with Crippen molar-refractivity contribution < 1.29 is 4.79 Å². The lowest BCUT2D eigenvalue weighted by Crippen LogP contribution is -2.22. The zero-order chi connectivity index (χ0) is 14.8. The number of carbonyl (C=O) groups is 1. The minimum Gasteiger partial charge on any atom is -0.312 e. The van der Waals surface area contributed by atoms with Crippen molar-refractivity contribution in [1.29, 1.82) is 0 Å². The van der Waals surface area contributed by atoms with Gasteiger partial charge < -0.3 is 9.88 Å². The molecule has 0 saturated carbocycles. The Bertz CT molecular complexity index is 749. The largest absolute Gasteiger partial charge is 0.312 e. The van der Waals surface area contributed by atoms with E-state index in [0.29, 0.717) is 10.3 Å². The van der Waals surface area contributed by atoms with E-state index in [1.807, 2.05) is 38.2 Å². The fourth-order valence-electron chi connectivity index (χ4n) is 1.72. The lowest BCUT2D eigenvalue weighted by Gasteiger charge is -2.09. The van der Waals surface area contributed by atoms with Gasteiger partial charge in [0.2, 0.25) is 5.91 Å². The first-order valence-corrected chi connectivity index (χ1v) is 8.00. The van der Waals surface area contributed by atoms with Crippen molar-refractivity contribution in [2.45, 2.75) is 17.3 Å². The molecule has 0 spiro atoms. The molecule has 108 valence electrons. The predicted octanol–water partition coefficient (Wildman–Crippen LogP) is 2.54. The van der Waals surface area contributed by atoms with Gasteiger partial charge in [-0.05, 0) is 19.1 Å². The van der Waals surface area contributed by atoms with Gasteiger partial charge in [0.15, 0.2) is 10.3 Å². The molecule has 0 aliphatic rings. The summed E-state index contributed by atoms with van der Waals surface area (Å²) in [5.41, 5.74) is 0.895. The van der Waals surface area contributed by atoms with Crippen LogP contribution in [0, 0.1) is 0 Å². The highest BCUT2D eigenvalue weighted by molar-refractivity contribution is 8.00. The molecule has 1 atom stereocenters. The molecule has 0 fully saturated rings. The van der Waals surface area contributed by atoms with Gasteiger partial charge in [0.05, 0.1) is 15.5 Å². The summed E-state index contributed by atoms with van der Waals surface area (Å²) in [4.78, 5) is 16.6. The number of fused-ring (bicyclic) bond motifs is 1. The Kier molecular flexibility index (Phi) is 3.89. The zero-order valence-corrected chi connectivity index (χ0v) is 13.1. The molecule has 8 heteroatoms. The van der Waals surface area contributed by atoms with E-state index in [1.165, 1.54) is 23.1 Å². The third-order valence-electron chi connectivity index (χ3n) is 2.85. The minimum atomic E-state index is -0.278. The molecule has 3 aromatic rings. The highest BCUT2D eigenvalue weighted by Crippen LogP contribution is 2.27. The summed E-state index contributed by atoms with van der Waals surface area (Å²) in [6, 6.07) is 7.80. The Hall–Kier alpha value is -1.93. The number of thioether (sulfide) groups is 1. The second kappa shape index (κ2) is 5.82. The van der Waals surface area contributed by atoms with Gasteiger partial charge in [0.1, 0.15) is 6.33 Å². The topological polar surface area (TPSA) is 72.7 Å². The molecule has 2 heterocycles. The van der Waals surface area contributed by atoms with Gasteiger partial charge in [-0.2, -0.15) is 0 Å². The molecule has 6 nitrogen and oxygen atoms in total. The minimum absolute atomic E-state index is 0.0953. The summed E-state index contributed by atoms with van der Waals surface area (Å²) in [5.74, 6) is -0.0953. The molecule has 0 aliphatic heterocycles. The van der Waals surface area contributed by atoms with E-state index in [1.54, 1.807) is 10.9 Å². The number of thiazole rings is 1. The molecule has 0 radical (unpaired) electrons. The molecule has 0 aliphatic carbocycles. The van der Waals surface area contributed by atoms with Crippen molar-refractivity contribution in [3.63, 3.8) is 0 Å². The Labute approximate surface area is 129 Å². The Morgan fingerprint density at radius 2 is 2.24 bits per heavy atom. The van der Waals surface area contributed by atoms with Crippen LogP contribution in [0.5, 0.6) is 0 Å². The van der Waals surface area contributed by atoms with Crippen LogP contribution in [0.4, 0.5) is 5.13 Å². The van der Waals surface area contributed by atoms with Crippen molar-refractivity contribution in [1.82, 2.24) is 19.7 Å². The van der Waals surface area contributed by atoms with Crippen molar-refractivity contribution in [3.05, 3.63) is 30.6 Å². The first-order valence-electron chi connectivity index (χ1n) is 6.30. The zero-order valence-electron chi connectivity index (χ0n) is 11.5. The first-order chi connectivity index (χ1) is 10.1. The van der Waals surface area contributed by atoms with Crippen molar-refractivity contribution in [3.8, 4) is 0 Å². The molecule has 1 N–H and O–H groups in total. The number of hydrogen-bond donors (Lipinski definition) is 1. The molecule has 1 amide bonds. The van der Waals surface area contributed by atoms with E-state index in [4.69, 9.17) is 0 Å². The highest BCUT2D eigenvalue weighted by Gasteiger charge is 2.18. The maximum atomic E-state index is 12.2. The molecule has 1 aromatic carbocycles. The molecular weight excluding hydrogens is 306 g/mol. The van der Waals surface area contributed by atoms with Gasteiger partial charge in [-0.1, -0.05) is 35.2 Å². The van der Waals surface area contributed by atoms with Crippen LogP contribution in [0.1, 0.15) is 6.92 Å². The van der Waals surface area contributed by atoms with E-state index < -0.39 is 0 Å². The lowest BCUT2D eigenvalue weighted by atomic mass is 10.3. The molecule has 3 rings (SSSR count). The van der Waals surface area contributed by atoms with Gasteiger partial charge in [0, 0.05) is 7.05 Å².